The first-order chi connectivity index (χ1) is 9.69. The molecule has 0 aliphatic rings. The van der Waals surface area contributed by atoms with E-state index in [9.17, 15) is 18.4 Å². The molecule has 4 nitrogen and oxygen atoms in total. The standard InChI is InChI=1S/C15H19F2NO3/c1-15(2,3)21-14(20)11(18-13(19)12(16)17)9-10-7-5-4-6-8-10/h4-8,11-12H,9H2,1-3H3,(H,18,19)/t11-/m1/s1. The fraction of sp³-hybridized carbons (Fsp3) is 0.467. The normalized spacial score (nSPS) is 12.9. The van der Waals surface area contributed by atoms with E-state index >= 15 is 0 Å². The van der Waals surface area contributed by atoms with Gasteiger partial charge in [-0.1, -0.05) is 30.3 Å². The average molecular weight is 299 g/mol. The SMILES string of the molecule is CC(C)(C)OC(=O)[C@@H](Cc1ccccc1)NC(=O)C(F)F. The van der Waals surface area contributed by atoms with Crippen molar-refractivity contribution in [3.05, 3.63) is 35.9 Å². The summed E-state index contributed by atoms with van der Waals surface area (Å²) in [5, 5.41) is 2.02. The summed E-state index contributed by atoms with van der Waals surface area (Å²) in [6.07, 6.45) is -3.08. The molecule has 0 fully saturated rings. The van der Waals surface area contributed by atoms with Crippen LogP contribution in [-0.4, -0.2) is 29.9 Å². The van der Waals surface area contributed by atoms with E-state index in [1.54, 1.807) is 51.1 Å². The number of carbonyl (C=O) groups excluding carboxylic acids is 2. The molecule has 0 aliphatic heterocycles. The third-order valence-electron chi connectivity index (χ3n) is 2.49. The number of alkyl halides is 2. The number of esters is 1. The molecule has 0 aliphatic carbocycles. The fourth-order valence-corrected chi connectivity index (χ4v) is 1.65. The number of nitrogens with one attached hydrogen (secondary N) is 1. The first-order valence-corrected chi connectivity index (χ1v) is 6.54. The summed E-state index contributed by atoms with van der Waals surface area (Å²) in [6.45, 7) is 5.00. The Hall–Kier alpha value is -1.98. The van der Waals surface area contributed by atoms with Crippen LogP contribution in [-0.2, 0) is 20.7 Å². The minimum absolute atomic E-state index is 0.0915. The highest BCUT2D eigenvalue weighted by molar-refractivity contribution is 5.86. The van der Waals surface area contributed by atoms with Crippen LogP contribution in [0.3, 0.4) is 0 Å². The van der Waals surface area contributed by atoms with E-state index in [0.29, 0.717) is 0 Å². The summed E-state index contributed by atoms with van der Waals surface area (Å²) in [5.41, 5.74) is -0.0235. The van der Waals surface area contributed by atoms with Gasteiger partial charge < -0.3 is 10.1 Å². The van der Waals surface area contributed by atoms with E-state index in [0.717, 1.165) is 5.56 Å². The van der Waals surface area contributed by atoms with E-state index in [1.165, 1.54) is 0 Å². The Morgan fingerprint density at radius 3 is 2.24 bits per heavy atom. The van der Waals surface area contributed by atoms with Crippen molar-refractivity contribution in [1.82, 2.24) is 5.32 Å². The maximum Gasteiger partial charge on any atom is 0.329 e. The van der Waals surface area contributed by atoms with Crippen LogP contribution in [0.4, 0.5) is 8.78 Å². The molecule has 0 spiro atoms. The van der Waals surface area contributed by atoms with E-state index in [1.807, 2.05) is 5.32 Å². The molecule has 0 bridgehead atoms. The van der Waals surface area contributed by atoms with Gasteiger partial charge in [0.15, 0.2) is 0 Å². The highest BCUT2D eigenvalue weighted by Gasteiger charge is 2.29. The van der Waals surface area contributed by atoms with Gasteiger partial charge in [0.1, 0.15) is 11.6 Å². The number of ether oxygens (including phenoxy) is 1. The first kappa shape index (κ1) is 17.1. The summed E-state index contributed by atoms with van der Waals surface area (Å²) < 4.78 is 29.9. The van der Waals surface area contributed by atoms with Gasteiger partial charge in [-0.25, -0.2) is 4.79 Å². The number of benzene rings is 1. The van der Waals surface area contributed by atoms with Crippen LogP contribution in [0.2, 0.25) is 0 Å². The summed E-state index contributed by atoms with van der Waals surface area (Å²) in [6, 6.07) is 7.65. The maximum atomic E-state index is 12.4. The third kappa shape index (κ3) is 6.33. The molecule has 0 unspecified atom stereocenters. The molecule has 1 atom stereocenters. The maximum absolute atomic E-state index is 12.4. The van der Waals surface area contributed by atoms with Gasteiger partial charge in [0.2, 0.25) is 0 Å². The number of hydrogen-bond donors (Lipinski definition) is 1. The zero-order valence-corrected chi connectivity index (χ0v) is 12.2. The first-order valence-electron chi connectivity index (χ1n) is 6.54. The van der Waals surface area contributed by atoms with Crippen LogP contribution < -0.4 is 5.32 Å². The highest BCUT2D eigenvalue weighted by atomic mass is 19.3. The van der Waals surface area contributed by atoms with Gasteiger partial charge >= 0.3 is 12.4 Å². The molecule has 116 valence electrons. The third-order valence-corrected chi connectivity index (χ3v) is 2.49. The molecule has 0 radical (unpaired) electrons. The molecular formula is C15H19F2NO3. The van der Waals surface area contributed by atoms with Crippen molar-refractivity contribution in [2.75, 3.05) is 0 Å². The molecular weight excluding hydrogens is 280 g/mol. The van der Waals surface area contributed by atoms with Crippen molar-refractivity contribution < 1.29 is 23.1 Å². The molecule has 6 heteroatoms. The number of halogens is 2. The molecule has 0 saturated carbocycles. The lowest BCUT2D eigenvalue weighted by Crippen LogP contribution is -2.47. The number of amides is 1. The average Bonchev–Trinajstić information content (AvgIpc) is 2.36. The molecule has 1 aromatic rings. The van der Waals surface area contributed by atoms with Crippen LogP contribution in [0.25, 0.3) is 0 Å². The van der Waals surface area contributed by atoms with E-state index in [2.05, 4.69) is 0 Å². The monoisotopic (exact) mass is 299 g/mol. The largest absolute Gasteiger partial charge is 0.458 e. The molecule has 1 N–H and O–H groups in total. The Morgan fingerprint density at radius 1 is 1.19 bits per heavy atom. The lowest BCUT2D eigenvalue weighted by atomic mass is 10.1. The van der Waals surface area contributed by atoms with Crippen molar-refractivity contribution in [1.29, 1.82) is 0 Å². The molecule has 0 aromatic heterocycles. The highest BCUT2D eigenvalue weighted by Crippen LogP contribution is 2.12. The quantitative estimate of drug-likeness (QED) is 0.849. The number of carbonyl (C=O) groups is 2. The van der Waals surface area contributed by atoms with Gasteiger partial charge in [-0.3, -0.25) is 4.79 Å². The molecule has 0 heterocycles. The van der Waals surface area contributed by atoms with Gasteiger partial charge in [0.05, 0.1) is 0 Å². The van der Waals surface area contributed by atoms with Crippen molar-refractivity contribution in [3.63, 3.8) is 0 Å². The van der Waals surface area contributed by atoms with Crippen LogP contribution in [0.15, 0.2) is 30.3 Å². The van der Waals surface area contributed by atoms with Crippen molar-refractivity contribution >= 4 is 11.9 Å². The fourth-order valence-electron chi connectivity index (χ4n) is 1.65. The Morgan fingerprint density at radius 2 is 1.76 bits per heavy atom. The Kier molecular flexibility index (Phi) is 5.81. The van der Waals surface area contributed by atoms with Crippen LogP contribution in [0.5, 0.6) is 0 Å². The minimum atomic E-state index is -3.18. The Balaban J connectivity index is 2.84. The van der Waals surface area contributed by atoms with Crippen molar-refractivity contribution in [3.8, 4) is 0 Å². The molecule has 1 amide bonds. The predicted molar refractivity (Wildman–Crippen MR) is 73.9 cm³/mol. The molecule has 1 aromatic carbocycles. The summed E-state index contributed by atoms with van der Waals surface area (Å²) in [5.74, 6) is -2.22. The second kappa shape index (κ2) is 7.15. The predicted octanol–water partition coefficient (Wildman–Crippen LogP) is 2.32. The van der Waals surface area contributed by atoms with E-state index in [4.69, 9.17) is 4.74 Å². The molecule has 0 saturated heterocycles. The van der Waals surface area contributed by atoms with Crippen LogP contribution in [0, 0.1) is 0 Å². The van der Waals surface area contributed by atoms with E-state index in [-0.39, 0.29) is 6.42 Å². The van der Waals surface area contributed by atoms with Crippen molar-refractivity contribution in [2.24, 2.45) is 0 Å². The Labute approximate surface area is 122 Å². The molecule has 21 heavy (non-hydrogen) atoms. The summed E-state index contributed by atoms with van der Waals surface area (Å²) >= 11 is 0. The zero-order chi connectivity index (χ0) is 16.0. The topological polar surface area (TPSA) is 55.4 Å². The summed E-state index contributed by atoms with van der Waals surface area (Å²) in [4.78, 5) is 23.2. The summed E-state index contributed by atoms with van der Waals surface area (Å²) in [7, 11) is 0. The van der Waals surface area contributed by atoms with Gasteiger partial charge in [0.25, 0.3) is 5.91 Å². The van der Waals surface area contributed by atoms with Gasteiger partial charge in [0, 0.05) is 6.42 Å². The second-order valence-electron chi connectivity index (χ2n) is 5.59. The van der Waals surface area contributed by atoms with Crippen molar-refractivity contribution in [2.45, 2.75) is 45.3 Å². The second-order valence-corrected chi connectivity index (χ2v) is 5.59. The van der Waals surface area contributed by atoms with Gasteiger partial charge in [-0.05, 0) is 26.3 Å². The smallest absolute Gasteiger partial charge is 0.329 e. The number of hydrogen-bond acceptors (Lipinski definition) is 3. The zero-order valence-electron chi connectivity index (χ0n) is 12.2. The minimum Gasteiger partial charge on any atom is -0.458 e. The van der Waals surface area contributed by atoms with Gasteiger partial charge in [-0.2, -0.15) is 8.78 Å². The van der Waals surface area contributed by atoms with Gasteiger partial charge in [-0.15, -0.1) is 0 Å². The van der Waals surface area contributed by atoms with Crippen LogP contribution in [0.1, 0.15) is 26.3 Å². The number of rotatable bonds is 5. The lowest BCUT2D eigenvalue weighted by Gasteiger charge is -2.24. The Bertz CT molecular complexity index is 483. The lowest BCUT2D eigenvalue weighted by molar-refractivity contribution is -0.159. The molecule has 1 rings (SSSR count). The van der Waals surface area contributed by atoms with Crippen LogP contribution >= 0.6 is 0 Å². The van der Waals surface area contributed by atoms with E-state index < -0.39 is 29.9 Å².